The van der Waals surface area contributed by atoms with E-state index in [4.69, 9.17) is 4.74 Å². The topological polar surface area (TPSA) is 42.4 Å². The minimum absolute atomic E-state index is 0.119. The Kier molecular flexibility index (Phi) is 5.46. The Morgan fingerprint density at radius 1 is 1.14 bits per heavy atom. The van der Waals surface area contributed by atoms with Crippen LogP contribution in [0.25, 0.3) is 0 Å². The lowest BCUT2D eigenvalue weighted by Crippen LogP contribution is -2.29. The third-order valence-corrected chi connectivity index (χ3v) is 3.38. The number of carbonyl (C=O) groups excluding carboxylic acids is 1. The average molecular weight is 284 g/mol. The molecule has 0 aliphatic rings. The number of benzene rings is 1. The first-order chi connectivity index (χ1) is 10.2. The minimum Gasteiger partial charge on any atom is -0.497 e. The molecule has 0 saturated carbocycles. The van der Waals surface area contributed by atoms with E-state index in [1.165, 1.54) is 0 Å². The number of pyridine rings is 1. The summed E-state index contributed by atoms with van der Waals surface area (Å²) in [5, 5.41) is 0. The molecule has 4 heteroatoms. The van der Waals surface area contributed by atoms with Crippen molar-refractivity contribution in [2.45, 2.75) is 13.5 Å². The fourth-order valence-electron chi connectivity index (χ4n) is 2.10. The predicted molar refractivity (Wildman–Crippen MR) is 82.5 cm³/mol. The molecule has 1 aromatic heterocycles. The minimum atomic E-state index is 0.119. The van der Waals surface area contributed by atoms with Crippen LogP contribution in [0, 0.1) is 0 Å². The highest BCUT2D eigenvalue weighted by Gasteiger charge is 2.11. The summed E-state index contributed by atoms with van der Waals surface area (Å²) in [7, 11) is 1.62. The lowest BCUT2D eigenvalue weighted by atomic mass is 10.1. The van der Waals surface area contributed by atoms with Crippen LogP contribution in [0.15, 0.2) is 48.8 Å². The van der Waals surface area contributed by atoms with E-state index < -0.39 is 0 Å². The monoisotopic (exact) mass is 284 g/mol. The number of hydrogen-bond donors (Lipinski definition) is 0. The molecule has 0 fully saturated rings. The molecular formula is C17H20N2O2. The van der Waals surface area contributed by atoms with Crippen molar-refractivity contribution in [3.8, 4) is 5.75 Å². The molecule has 4 nitrogen and oxygen atoms in total. The smallest absolute Gasteiger partial charge is 0.176 e. The number of likely N-dealkylation sites (N-methyl/N-ethyl adjacent to an activating group) is 1. The maximum Gasteiger partial charge on any atom is 0.176 e. The van der Waals surface area contributed by atoms with Crippen LogP contribution >= 0.6 is 0 Å². The second-order valence-electron chi connectivity index (χ2n) is 4.81. The molecule has 110 valence electrons. The fraction of sp³-hybridized carbons (Fsp3) is 0.294. The van der Waals surface area contributed by atoms with Crippen molar-refractivity contribution in [3.05, 3.63) is 59.9 Å². The van der Waals surface area contributed by atoms with Gasteiger partial charge in [0, 0.05) is 24.5 Å². The fourth-order valence-corrected chi connectivity index (χ4v) is 2.10. The van der Waals surface area contributed by atoms with E-state index in [1.54, 1.807) is 31.6 Å². The summed E-state index contributed by atoms with van der Waals surface area (Å²) >= 11 is 0. The molecule has 0 bridgehead atoms. The standard InChI is InChI=1S/C17H20N2O2/c1-3-19(12-14-8-10-18-11-9-14)13-17(20)15-4-6-16(21-2)7-5-15/h4-11H,3,12-13H2,1-2H3. The number of hydrogen-bond acceptors (Lipinski definition) is 4. The van der Waals surface area contributed by atoms with Crippen molar-refractivity contribution in [1.82, 2.24) is 9.88 Å². The van der Waals surface area contributed by atoms with Crippen molar-refractivity contribution in [2.24, 2.45) is 0 Å². The molecule has 0 unspecified atom stereocenters. The lowest BCUT2D eigenvalue weighted by Gasteiger charge is -2.19. The van der Waals surface area contributed by atoms with Gasteiger partial charge in [-0.05, 0) is 48.5 Å². The summed E-state index contributed by atoms with van der Waals surface area (Å²) in [5.41, 5.74) is 1.87. The number of Topliss-reactive ketones (excluding diaryl/α,β-unsaturated/α-hetero) is 1. The van der Waals surface area contributed by atoms with Gasteiger partial charge in [0.25, 0.3) is 0 Å². The van der Waals surface area contributed by atoms with E-state index in [0.29, 0.717) is 12.1 Å². The van der Waals surface area contributed by atoms with Crippen LogP contribution in [-0.2, 0) is 6.54 Å². The van der Waals surface area contributed by atoms with Crippen LogP contribution in [0.3, 0.4) is 0 Å². The molecule has 2 rings (SSSR count). The van der Waals surface area contributed by atoms with Crippen molar-refractivity contribution in [2.75, 3.05) is 20.2 Å². The number of carbonyl (C=O) groups is 1. The highest BCUT2D eigenvalue weighted by atomic mass is 16.5. The molecule has 0 atom stereocenters. The van der Waals surface area contributed by atoms with Gasteiger partial charge in [-0.2, -0.15) is 0 Å². The molecule has 21 heavy (non-hydrogen) atoms. The molecule has 0 aliphatic heterocycles. The van der Waals surface area contributed by atoms with Gasteiger partial charge >= 0.3 is 0 Å². The number of rotatable bonds is 7. The first-order valence-corrected chi connectivity index (χ1v) is 7.01. The summed E-state index contributed by atoms with van der Waals surface area (Å²) in [6.45, 7) is 4.04. The van der Waals surface area contributed by atoms with Crippen LogP contribution < -0.4 is 4.74 Å². The van der Waals surface area contributed by atoms with E-state index in [-0.39, 0.29) is 5.78 Å². The second-order valence-corrected chi connectivity index (χ2v) is 4.81. The Hall–Kier alpha value is -2.20. The Morgan fingerprint density at radius 3 is 2.38 bits per heavy atom. The third-order valence-electron chi connectivity index (χ3n) is 3.38. The van der Waals surface area contributed by atoms with E-state index in [2.05, 4.69) is 16.8 Å². The maximum atomic E-state index is 12.3. The van der Waals surface area contributed by atoms with Gasteiger partial charge in [-0.15, -0.1) is 0 Å². The zero-order valence-electron chi connectivity index (χ0n) is 12.5. The molecule has 0 spiro atoms. The van der Waals surface area contributed by atoms with Gasteiger partial charge in [0.05, 0.1) is 13.7 Å². The van der Waals surface area contributed by atoms with E-state index in [0.717, 1.165) is 24.4 Å². The highest BCUT2D eigenvalue weighted by molar-refractivity contribution is 5.97. The van der Waals surface area contributed by atoms with Gasteiger partial charge in [-0.25, -0.2) is 0 Å². The zero-order valence-corrected chi connectivity index (χ0v) is 12.5. The Bertz CT molecular complexity index is 567. The van der Waals surface area contributed by atoms with Crippen molar-refractivity contribution in [3.63, 3.8) is 0 Å². The van der Waals surface area contributed by atoms with Crippen LogP contribution in [0.5, 0.6) is 5.75 Å². The quantitative estimate of drug-likeness (QED) is 0.733. The van der Waals surface area contributed by atoms with Gasteiger partial charge in [0.2, 0.25) is 0 Å². The van der Waals surface area contributed by atoms with E-state index in [9.17, 15) is 4.79 Å². The Morgan fingerprint density at radius 2 is 1.81 bits per heavy atom. The van der Waals surface area contributed by atoms with Gasteiger partial charge in [-0.3, -0.25) is 14.7 Å². The maximum absolute atomic E-state index is 12.3. The number of methoxy groups -OCH3 is 1. The third kappa shape index (κ3) is 4.39. The highest BCUT2D eigenvalue weighted by Crippen LogP contribution is 2.12. The van der Waals surface area contributed by atoms with Crippen molar-refractivity contribution in [1.29, 1.82) is 0 Å². The van der Waals surface area contributed by atoms with Crippen LogP contribution in [-0.4, -0.2) is 35.9 Å². The Labute approximate surface area is 125 Å². The second kappa shape index (κ2) is 7.55. The number of aromatic nitrogens is 1. The molecule has 0 amide bonds. The molecule has 1 heterocycles. The van der Waals surface area contributed by atoms with E-state index >= 15 is 0 Å². The summed E-state index contributed by atoms with van der Waals surface area (Å²) in [6.07, 6.45) is 3.54. The molecule has 0 radical (unpaired) electrons. The Balaban J connectivity index is 1.98. The largest absolute Gasteiger partial charge is 0.497 e. The normalized spacial score (nSPS) is 10.6. The summed E-state index contributed by atoms with van der Waals surface area (Å²) in [5.74, 6) is 0.879. The lowest BCUT2D eigenvalue weighted by molar-refractivity contribution is 0.0929. The van der Waals surface area contributed by atoms with Gasteiger partial charge in [0.15, 0.2) is 5.78 Å². The van der Waals surface area contributed by atoms with Crippen LogP contribution in [0.1, 0.15) is 22.8 Å². The van der Waals surface area contributed by atoms with Gasteiger partial charge in [0.1, 0.15) is 5.75 Å². The predicted octanol–water partition coefficient (Wildman–Crippen LogP) is 2.80. The number of ether oxygens (including phenoxy) is 1. The van der Waals surface area contributed by atoms with Gasteiger partial charge in [-0.1, -0.05) is 6.92 Å². The first kappa shape index (κ1) is 15.2. The van der Waals surface area contributed by atoms with Crippen molar-refractivity contribution < 1.29 is 9.53 Å². The van der Waals surface area contributed by atoms with Crippen molar-refractivity contribution >= 4 is 5.78 Å². The average Bonchev–Trinajstić information content (AvgIpc) is 2.55. The molecular weight excluding hydrogens is 264 g/mol. The summed E-state index contributed by atoms with van der Waals surface area (Å²) in [4.78, 5) is 18.4. The first-order valence-electron chi connectivity index (χ1n) is 7.01. The number of ketones is 1. The molecule has 0 N–H and O–H groups in total. The summed E-state index contributed by atoms with van der Waals surface area (Å²) < 4.78 is 5.10. The van der Waals surface area contributed by atoms with E-state index in [1.807, 2.05) is 24.3 Å². The SMILES string of the molecule is CCN(CC(=O)c1ccc(OC)cc1)Cc1ccncc1. The van der Waals surface area contributed by atoms with Gasteiger partial charge < -0.3 is 4.74 Å². The molecule has 0 aliphatic carbocycles. The molecule has 2 aromatic rings. The molecule has 1 aromatic carbocycles. The molecule has 0 saturated heterocycles. The summed E-state index contributed by atoms with van der Waals surface area (Å²) in [6, 6.07) is 11.2. The van der Waals surface area contributed by atoms with Crippen LogP contribution in [0.2, 0.25) is 0 Å². The zero-order chi connectivity index (χ0) is 15.1. The number of nitrogens with zero attached hydrogens (tertiary/aromatic N) is 2. The van der Waals surface area contributed by atoms with Crippen LogP contribution in [0.4, 0.5) is 0 Å².